The number of imidazole rings is 1. The molecule has 1 amide bonds. The van der Waals surface area contributed by atoms with E-state index in [-0.39, 0.29) is 5.56 Å². The predicted molar refractivity (Wildman–Crippen MR) is 87.9 cm³/mol. The van der Waals surface area contributed by atoms with Gasteiger partial charge in [-0.25, -0.2) is 13.8 Å². The van der Waals surface area contributed by atoms with Gasteiger partial charge in [-0.1, -0.05) is 12.1 Å². The minimum atomic E-state index is -0.772. The smallest absolute Gasteiger partial charge is 0.251 e. The third-order valence-corrected chi connectivity index (χ3v) is 3.45. The number of carbonyl (C=O) groups is 1. The van der Waals surface area contributed by atoms with Crippen LogP contribution < -0.4 is 10.6 Å². The van der Waals surface area contributed by atoms with Gasteiger partial charge in [-0.05, 0) is 30.7 Å². The van der Waals surface area contributed by atoms with Crippen LogP contribution in [0.5, 0.6) is 0 Å². The van der Waals surface area contributed by atoms with Crippen molar-refractivity contribution in [2.24, 2.45) is 0 Å². The molecule has 0 radical (unpaired) electrons. The number of anilines is 1. The van der Waals surface area contributed by atoms with Crippen LogP contribution in [0.15, 0.2) is 42.5 Å². The summed E-state index contributed by atoms with van der Waals surface area (Å²) >= 11 is 0. The number of H-pyrrole nitrogens is 1. The van der Waals surface area contributed by atoms with E-state index in [2.05, 4.69) is 20.6 Å². The summed E-state index contributed by atoms with van der Waals surface area (Å²) in [5.74, 6) is -1.38. The van der Waals surface area contributed by atoms with Crippen molar-refractivity contribution in [3.8, 4) is 0 Å². The van der Waals surface area contributed by atoms with E-state index in [0.717, 1.165) is 29.2 Å². The molecule has 3 aromatic rings. The van der Waals surface area contributed by atoms with Gasteiger partial charge < -0.3 is 15.6 Å². The standard InChI is InChI=1S/C17H16F2N4O/c18-12-8-11(9-13(19)10-12)16(24)20-6-3-7-21-17-22-14-4-1-2-5-15(14)23-17/h1-2,4-5,8-10H,3,6-7H2,(H,20,24)(H2,21,22,23). The summed E-state index contributed by atoms with van der Waals surface area (Å²) in [5, 5.41) is 5.75. The third kappa shape index (κ3) is 3.87. The number of rotatable bonds is 6. The number of halogens is 2. The minimum absolute atomic E-state index is 0.0299. The van der Waals surface area contributed by atoms with Crippen LogP contribution >= 0.6 is 0 Å². The van der Waals surface area contributed by atoms with Crippen molar-refractivity contribution in [1.82, 2.24) is 15.3 Å². The summed E-state index contributed by atoms with van der Waals surface area (Å²) in [4.78, 5) is 19.3. The normalized spacial score (nSPS) is 10.8. The Morgan fingerprint density at radius 1 is 1.08 bits per heavy atom. The van der Waals surface area contributed by atoms with Crippen molar-refractivity contribution in [2.75, 3.05) is 18.4 Å². The van der Waals surface area contributed by atoms with E-state index in [1.54, 1.807) is 0 Å². The molecule has 2 aromatic carbocycles. The maximum Gasteiger partial charge on any atom is 0.251 e. The van der Waals surface area contributed by atoms with Crippen LogP contribution in [0.1, 0.15) is 16.8 Å². The molecule has 0 aliphatic carbocycles. The van der Waals surface area contributed by atoms with Crippen LogP contribution in [0.25, 0.3) is 11.0 Å². The summed E-state index contributed by atoms with van der Waals surface area (Å²) in [6, 6.07) is 10.4. The average Bonchev–Trinajstić information content (AvgIpc) is 2.96. The van der Waals surface area contributed by atoms with E-state index in [9.17, 15) is 13.6 Å². The monoisotopic (exact) mass is 330 g/mol. The van der Waals surface area contributed by atoms with Crippen LogP contribution in [0.2, 0.25) is 0 Å². The van der Waals surface area contributed by atoms with E-state index in [1.165, 1.54) is 0 Å². The molecular weight excluding hydrogens is 314 g/mol. The second kappa shape index (κ2) is 7.08. The van der Waals surface area contributed by atoms with Gasteiger partial charge in [0.15, 0.2) is 0 Å². The molecule has 0 saturated carbocycles. The average molecular weight is 330 g/mol. The zero-order valence-corrected chi connectivity index (χ0v) is 12.8. The van der Waals surface area contributed by atoms with Crippen LogP contribution in [0.3, 0.4) is 0 Å². The lowest BCUT2D eigenvalue weighted by Crippen LogP contribution is -2.26. The number of hydrogen-bond donors (Lipinski definition) is 3. The molecule has 124 valence electrons. The quantitative estimate of drug-likeness (QED) is 0.608. The number of hydrogen-bond acceptors (Lipinski definition) is 3. The summed E-state index contributed by atoms with van der Waals surface area (Å²) in [6.45, 7) is 0.974. The molecule has 7 heteroatoms. The lowest BCUT2D eigenvalue weighted by molar-refractivity contribution is 0.0952. The van der Waals surface area contributed by atoms with Crippen molar-refractivity contribution in [2.45, 2.75) is 6.42 Å². The lowest BCUT2D eigenvalue weighted by Gasteiger charge is -2.06. The molecule has 3 N–H and O–H groups in total. The molecule has 24 heavy (non-hydrogen) atoms. The molecule has 0 aliphatic rings. The van der Waals surface area contributed by atoms with E-state index in [0.29, 0.717) is 25.5 Å². The Kier molecular flexibility index (Phi) is 4.69. The SMILES string of the molecule is O=C(NCCCNc1nc2ccccc2[nH]1)c1cc(F)cc(F)c1. The molecule has 0 bridgehead atoms. The summed E-state index contributed by atoms with van der Waals surface area (Å²) in [5.41, 5.74) is 1.79. The highest BCUT2D eigenvalue weighted by Gasteiger charge is 2.08. The highest BCUT2D eigenvalue weighted by atomic mass is 19.1. The Hall–Kier alpha value is -2.96. The molecule has 0 unspecified atom stereocenters. The van der Waals surface area contributed by atoms with Crippen molar-refractivity contribution in [3.63, 3.8) is 0 Å². The number of aromatic nitrogens is 2. The van der Waals surface area contributed by atoms with Gasteiger partial charge in [-0.2, -0.15) is 0 Å². The first-order valence-electron chi connectivity index (χ1n) is 7.55. The number of nitrogens with zero attached hydrogens (tertiary/aromatic N) is 1. The number of fused-ring (bicyclic) bond motifs is 1. The number of amides is 1. The number of nitrogens with one attached hydrogen (secondary N) is 3. The van der Waals surface area contributed by atoms with Gasteiger partial charge in [0.05, 0.1) is 11.0 Å². The first kappa shape index (κ1) is 15.9. The fourth-order valence-electron chi connectivity index (χ4n) is 2.32. The molecule has 0 spiro atoms. The van der Waals surface area contributed by atoms with E-state index in [4.69, 9.17) is 0 Å². The number of aromatic amines is 1. The zero-order valence-electron chi connectivity index (χ0n) is 12.8. The molecule has 0 aliphatic heterocycles. The fourth-order valence-corrected chi connectivity index (χ4v) is 2.32. The van der Waals surface area contributed by atoms with Crippen LogP contribution in [0.4, 0.5) is 14.7 Å². The largest absolute Gasteiger partial charge is 0.356 e. The molecule has 0 fully saturated rings. The fraction of sp³-hybridized carbons (Fsp3) is 0.176. The first-order valence-corrected chi connectivity index (χ1v) is 7.55. The van der Waals surface area contributed by atoms with Gasteiger partial charge in [0.2, 0.25) is 5.95 Å². The Bertz CT molecular complexity index is 809. The van der Waals surface area contributed by atoms with E-state index < -0.39 is 17.5 Å². The van der Waals surface area contributed by atoms with Crippen molar-refractivity contribution < 1.29 is 13.6 Å². The minimum Gasteiger partial charge on any atom is -0.356 e. The molecule has 5 nitrogen and oxygen atoms in total. The second-order valence-corrected chi connectivity index (χ2v) is 5.30. The Morgan fingerprint density at radius 3 is 2.58 bits per heavy atom. The first-order chi connectivity index (χ1) is 11.6. The highest BCUT2D eigenvalue weighted by Crippen LogP contribution is 2.13. The number of benzene rings is 2. The Morgan fingerprint density at radius 2 is 1.83 bits per heavy atom. The van der Waals surface area contributed by atoms with Gasteiger partial charge in [-0.3, -0.25) is 4.79 Å². The topological polar surface area (TPSA) is 69.8 Å². The van der Waals surface area contributed by atoms with E-state index >= 15 is 0 Å². The van der Waals surface area contributed by atoms with Gasteiger partial charge in [0.25, 0.3) is 5.91 Å². The second-order valence-electron chi connectivity index (χ2n) is 5.30. The van der Waals surface area contributed by atoms with Gasteiger partial charge in [0, 0.05) is 24.7 Å². The van der Waals surface area contributed by atoms with Crippen LogP contribution in [0, 0.1) is 11.6 Å². The molecule has 0 atom stereocenters. The number of carbonyl (C=O) groups excluding carboxylic acids is 1. The highest BCUT2D eigenvalue weighted by molar-refractivity contribution is 5.94. The van der Waals surface area contributed by atoms with Gasteiger partial charge in [0.1, 0.15) is 11.6 Å². The molecule has 3 rings (SSSR count). The summed E-state index contributed by atoms with van der Waals surface area (Å²) < 4.78 is 26.1. The lowest BCUT2D eigenvalue weighted by atomic mass is 10.2. The summed E-state index contributed by atoms with van der Waals surface area (Å²) in [7, 11) is 0. The van der Waals surface area contributed by atoms with Gasteiger partial charge >= 0.3 is 0 Å². The molecule has 1 aromatic heterocycles. The molecule has 1 heterocycles. The van der Waals surface area contributed by atoms with Gasteiger partial charge in [-0.15, -0.1) is 0 Å². The Balaban J connectivity index is 1.44. The molecular formula is C17H16F2N4O. The summed E-state index contributed by atoms with van der Waals surface area (Å²) in [6.07, 6.45) is 0.639. The number of para-hydroxylation sites is 2. The maximum atomic E-state index is 13.1. The van der Waals surface area contributed by atoms with Crippen molar-refractivity contribution in [1.29, 1.82) is 0 Å². The van der Waals surface area contributed by atoms with Crippen molar-refractivity contribution in [3.05, 3.63) is 59.7 Å². The Labute approximate surface area is 137 Å². The van der Waals surface area contributed by atoms with E-state index in [1.807, 2.05) is 24.3 Å². The maximum absolute atomic E-state index is 13.1. The van der Waals surface area contributed by atoms with Crippen LogP contribution in [-0.4, -0.2) is 29.0 Å². The third-order valence-electron chi connectivity index (χ3n) is 3.45. The van der Waals surface area contributed by atoms with Crippen molar-refractivity contribution >= 4 is 22.9 Å². The molecule has 0 saturated heterocycles. The zero-order chi connectivity index (χ0) is 16.9. The predicted octanol–water partition coefficient (Wildman–Crippen LogP) is 3.07. The van der Waals surface area contributed by atoms with Crippen LogP contribution in [-0.2, 0) is 0 Å².